The number of aromatic nitrogens is 2. The first-order valence-corrected chi connectivity index (χ1v) is 9.10. The van der Waals surface area contributed by atoms with Gasteiger partial charge in [0.15, 0.2) is 0 Å². The predicted molar refractivity (Wildman–Crippen MR) is 96.9 cm³/mol. The number of rotatable bonds is 3. The number of carbonyl (C=O) groups excluding carboxylic acids is 1. The summed E-state index contributed by atoms with van der Waals surface area (Å²) in [6.45, 7) is 3.22. The van der Waals surface area contributed by atoms with Crippen molar-refractivity contribution >= 4 is 17.2 Å². The third kappa shape index (κ3) is 2.72. The number of ether oxygens (including phenoxy) is 1. The number of imidazole rings is 1. The number of hydrogen-bond acceptors (Lipinski definition) is 4. The molecule has 1 aliphatic rings. The maximum Gasteiger partial charge on any atom is 0.255 e. The zero-order chi connectivity index (χ0) is 17.4. The molecular weight excluding hydrogens is 334 g/mol. The largest absolute Gasteiger partial charge is 0.496 e. The van der Waals surface area contributed by atoms with E-state index in [-0.39, 0.29) is 11.9 Å². The van der Waals surface area contributed by atoms with Gasteiger partial charge in [-0.25, -0.2) is 4.98 Å². The molecule has 0 saturated carbocycles. The summed E-state index contributed by atoms with van der Waals surface area (Å²) >= 11 is 1.53. The standard InChI is InChI=1S/C19H19N3O2S/c1-13-9-20-18-11-22(19(23)14-7-8-25-12-14)16(10-21(13)18)15-5-3-4-6-17(15)24-2/h3-9,12,16H,10-11H2,1-2H3/t16-/m0/s1. The highest BCUT2D eigenvalue weighted by Gasteiger charge is 2.34. The normalized spacial score (nSPS) is 16.6. The highest BCUT2D eigenvalue weighted by molar-refractivity contribution is 7.08. The third-order valence-corrected chi connectivity index (χ3v) is 5.39. The average molecular weight is 353 g/mol. The van der Waals surface area contributed by atoms with Gasteiger partial charge in [-0.15, -0.1) is 0 Å². The van der Waals surface area contributed by atoms with Crippen molar-refractivity contribution in [1.82, 2.24) is 14.5 Å². The number of thiophene rings is 1. The molecule has 1 amide bonds. The Morgan fingerprint density at radius 3 is 2.92 bits per heavy atom. The summed E-state index contributed by atoms with van der Waals surface area (Å²) in [5, 5.41) is 3.83. The SMILES string of the molecule is COc1ccccc1[C@@H]1Cn2c(C)cnc2CN1C(=O)c1ccsc1. The van der Waals surface area contributed by atoms with Crippen LogP contribution in [0.25, 0.3) is 0 Å². The van der Waals surface area contributed by atoms with E-state index in [1.807, 2.05) is 59.1 Å². The van der Waals surface area contributed by atoms with Crippen LogP contribution in [0.3, 0.4) is 0 Å². The summed E-state index contributed by atoms with van der Waals surface area (Å²) in [5.74, 6) is 1.76. The van der Waals surface area contributed by atoms with Crippen LogP contribution in [0, 0.1) is 6.92 Å². The molecule has 0 unspecified atom stereocenters. The van der Waals surface area contributed by atoms with Crippen LogP contribution in [-0.2, 0) is 13.1 Å². The van der Waals surface area contributed by atoms with Crippen LogP contribution < -0.4 is 4.74 Å². The highest BCUT2D eigenvalue weighted by atomic mass is 32.1. The van der Waals surface area contributed by atoms with Crippen LogP contribution >= 0.6 is 11.3 Å². The van der Waals surface area contributed by atoms with E-state index in [0.717, 1.165) is 28.4 Å². The molecule has 0 radical (unpaired) electrons. The highest BCUT2D eigenvalue weighted by Crippen LogP contribution is 2.36. The average Bonchev–Trinajstić information content (AvgIpc) is 3.30. The van der Waals surface area contributed by atoms with Crippen LogP contribution in [0.15, 0.2) is 47.3 Å². The van der Waals surface area contributed by atoms with Crippen molar-refractivity contribution in [2.24, 2.45) is 0 Å². The van der Waals surface area contributed by atoms with Crippen molar-refractivity contribution in [3.8, 4) is 5.75 Å². The van der Waals surface area contributed by atoms with E-state index in [2.05, 4.69) is 9.55 Å². The van der Waals surface area contributed by atoms with Gasteiger partial charge < -0.3 is 14.2 Å². The smallest absolute Gasteiger partial charge is 0.255 e. The van der Waals surface area contributed by atoms with Crippen LogP contribution in [0.1, 0.15) is 33.5 Å². The Bertz CT molecular complexity index is 901. The van der Waals surface area contributed by atoms with E-state index in [1.165, 1.54) is 11.3 Å². The molecule has 0 fully saturated rings. The number of nitrogens with zero attached hydrogens (tertiary/aromatic N) is 3. The number of amides is 1. The number of aryl methyl sites for hydroxylation is 1. The molecule has 0 bridgehead atoms. The fourth-order valence-corrected chi connectivity index (χ4v) is 4.02. The second-order valence-electron chi connectivity index (χ2n) is 6.13. The Morgan fingerprint density at radius 1 is 1.32 bits per heavy atom. The first kappa shape index (κ1) is 15.9. The first-order chi connectivity index (χ1) is 12.2. The lowest BCUT2D eigenvalue weighted by Gasteiger charge is -2.37. The van der Waals surface area contributed by atoms with Gasteiger partial charge in [-0.05, 0) is 24.4 Å². The van der Waals surface area contributed by atoms with Gasteiger partial charge >= 0.3 is 0 Å². The van der Waals surface area contributed by atoms with Crippen molar-refractivity contribution < 1.29 is 9.53 Å². The van der Waals surface area contributed by atoms with Gasteiger partial charge in [0.2, 0.25) is 0 Å². The Labute approximate surface area is 150 Å². The molecule has 0 spiro atoms. The molecule has 25 heavy (non-hydrogen) atoms. The third-order valence-electron chi connectivity index (χ3n) is 4.71. The van der Waals surface area contributed by atoms with E-state index >= 15 is 0 Å². The molecular formula is C19H19N3O2S. The van der Waals surface area contributed by atoms with E-state index in [0.29, 0.717) is 13.1 Å². The molecule has 0 aliphatic carbocycles. The lowest BCUT2D eigenvalue weighted by Crippen LogP contribution is -2.41. The minimum atomic E-state index is -0.0936. The molecule has 3 aromatic rings. The van der Waals surface area contributed by atoms with Crippen molar-refractivity contribution in [2.45, 2.75) is 26.1 Å². The van der Waals surface area contributed by atoms with Gasteiger partial charge in [-0.1, -0.05) is 18.2 Å². The second kappa shape index (κ2) is 6.37. The topological polar surface area (TPSA) is 47.4 Å². The lowest BCUT2D eigenvalue weighted by atomic mass is 10.0. The summed E-state index contributed by atoms with van der Waals surface area (Å²) < 4.78 is 7.75. The zero-order valence-corrected chi connectivity index (χ0v) is 15.0. The van der Waals surface area contributed by atoms with Gasteiger partial charge in [0, 0.05) is 29.4 Å². The summed E-state index contributed by atoms with van der Waals surface area (Å²) in [5.41, 5.74) is 2.85. The van der Waals surface area contributed by atoms with Gasteiger partial charge in [-0.3, -0.25) is 4.79 Å². The quantitative estimate of drug-likeness (QED) is 0.722. The Balaban J connectivity index is 1.80. The van der Waals surface area contributed by atoms with Crippen LogP contribution in [0.2, 0.25) is 0 Å². The maximum absolute atomic E-state index is 13.1. The molecule has 6 heteroatoms. The minimum absolute atomic E-state index is 0.0315. The molecule has 1 aliphatic heterocycles. The lowest BCUT2D eigenvalue weighted by molar-refractivity contribution is 0.0580. The molecule has 4 rings (SSSR count). The van der Waals surface area contributed by atoms with E-state index in [1.54, 1.807) is 7.11 Å². The Kier molecular flexibility index (Phi) is 4.05. The van der Waals surface area contributed by atoms with Gasteiger partial charge in [0.25, 0.3) is 5.91 Å². The summed E-state index contributed by atoms with van der Waals surface area (Å²) in [7, 11) is 1.67. The molecule has 1 aromatic carbocycles. The fourth-order valence-electron chi connectivity index (χ4n) is 3.39. The van der Waals surface area contributed by atoms with Gasteiger partial charge in [0.05, 0.1) is 25.3 Å². The molecule has 3 heterocycles. The summed E-state index contributed by atoms with van der Waals surface area (Å²) in [6, 6.07) is 9.70. The number of para-hydroxylation sites is 1. The number of benzene rings is 1. The second-order valence-corrected chi connectivity index (χ2v) is 6.91. The predicted octanol–water partition coefficient (Wildman–Crippen LogP) is 3.66. The van der Waals surface area contributed by atoms with E-state index in [9.17, 15) is 4.79 Å². The van der Waals surface area contributed by atoms with Crippen LogP contribution in [0.5, 0.6) is 5.75 Å². The molecule has 0 N–H and O–H groups in total. The zero-order valence-electron chi connectivity index (χ0n) is 14.2. The molecule has 1 atom stereocenters. The van der Waals surface area contributed by atoms with Gasteiger partial charge in [-0.2, -0.15) is 11.3 Å². The first-order valence-electron chi connectivity index (χ1n) is 8.16. The molecule has 0 saturated heterocycles. The Hall–Kier alpha value is -2.60. The van der Waals surface area contributed by atoms with Crippen LogP contribution in [0.4, 0.5) is 0 Å². The monoisotopic (exact) mass is 353 g/mol. The minimum Gasteiger partial charge on any atom is -0.496 e. The Morgan fingerprint density at radius 2 is 2.16 bits per heavy atom. The summed E-state index contributed by atoms with van der Waals surface area (Å²) in [4.78, 5) is 19.5. The van der Waals surface area contributed by atoms with Crippen molar-refractivity contribution in [1.29, 1.82) is 0 Å². The van der Waals surface area contributed by atoms with Crippen molar-refractivity contribution in [3.63, 3.8) is 0 Å². The molecule has 5 nitrogen and oxygen atoms in total. The number of hydrogen-bond donors (Lipinski definition) is 0. The summed E-state index contributed by atoms with van der Waals surface area (Å²) in [6.07, 6.45) is 1.87. The van der Waals surface area contributed by atoms with Crippen molar-refractivity contribution in [2.75, 3.05) is 7.11 Å². The molecule has 128 valence electrons. The fraction of sp³-hybridized carbons (Fsp3) is 0.263. The maximum atomic E-state index is 13.1. The number of carbonyl (C=O) groups is 1. The van der Waals surface area contributed by atoms with E-state index in [4.69, 9.17) is 4.74 Å². The van der Waals surface area contributed by atoms with Gasteiger partial charge in [0.1, 0.15) is 11.6 Å². The van der Waals surface area contributed by atoms with Crippen molar-refractivity contribution in [3.05, 3.63) is 69.9 Å². The molecule has 2 aromatic heterocycles. The van der Waals surface area contributed by atoms with Crippen LogP contribution in [-0.4, -0.2) is 27.5 Å². The number of fused-ring (bicyclic) bond motifs is 1. The van der Waals surface area contributed by atoms with E-state index < -0.39 is 0 Å². The number of methoxy groups -OCH3 is 1.